The molecule has 0 aliphatic carbocycles. The highest BCUT2D eigenvalue weighted by Gasteiger charge is 2.18. The summed E-state index contributed by atoms with van der Waals surface area (Å²) in [5.41, 5.74) is 9.14. The monoisotopic (exact) mass is 387 g/mol. The molecule has 4 rings (SSSR count). The van der Waals surface area contributed by atoms with E-state index in [1.165, 1.54) is 5.56 Å². The summed E-state index contributed by atoms with van der Waals surface area (Å²) in [6.45, 7) is 6.62. The molecule has 0 amide bonds. The molecule has 4 heteroatoms. The summed E-state index contributed by atoms with van der Waals surface area (Å²) in [6.07, 6.45) is 0. The van der Waals surface area contributed by atoms with Crippen LogP contribution >= 0.6 is 11.6 Å². The van der Waals surface area contributed by atoms with Crippen molar-refractivity contribution in [2.24, 2.45) is 10.1 Å². The Hall–Kier alpha value is -2.91. The zero-order valence-electron chi connectivity index (χ0n) is 16.2. The predicted octanol–water partition coefficient (Wildman–Crippen LogP) is 6.07. The largest absolute Gasteiger partial charge is 0.260 e. The Morgan fingerprint density at radius 2 is 1.54 bits per heavy atom. The van der Waals surface area contributed by atoms with Gasteiger partial charge in [0.15, 0.2) is 5.84 Å². The van der Waals surface area contributed by atoms with Gasteiger partial charge >= 0.3 is 0 Å². The van der Waals surface area contributed by atoms with Crippen LogP contribution < -0.4 is 5.43 Å². The number of hydrogen-bond acceptors (Lipinski definition) is 3. The number of aliphatic imine (C=N–C) groups is 1. The van der Waals surface area contributed by atoms with Crippen LogP contribution in [0.15, 0.2) is 82.9 Å². The lowest BCUT2D eigenvalue weighted by atomic mass is 9.86. The van der Waals surface area contributed by atoms with Gasteiger partial charge in [-0.05, 0) is 29.2 Å². The van der Waals surface area contributed by atoms with Gasteiger partial charge in [0.25, 0.3) is 0 Å². The molecule has 0 aromatic heterocycles. The number of halogens is 1. The molecule has 0 saturated carbocycles. The van der Waals surface area contributed by atoms with Gasteiger partial charge in [-0.2, -0.15) is 5.10 Å². The van der Waals surface area contributed by atoms with Gasteiger partial charge in [0.05, 0.1) is 5.69 Å². The van der Waals surface area contributed by atoms with Crippen molar-refractivity contribution >= 4 is 28.8 Å². The minimum Gasteiger partial charge on any atom is -0.260 e. The third kappa shape index (κ3) is 3.71. The van der Waals surface area contributed by atoms with Gasteiger partial charge in [-0.3, -0.25) is 5.43 Å². The van der Waals surface area contributed by atoms with E-state index in [4.69, 9.17) is 16.6 Å². The average molecular weight is 388 g/mol. The first-order valence-electron chi connectivity index (χ1n) is 9.30. The van der Waals surface area contributed by atoms with Crippen molar-refractivity contribution in [1.82, 2.24) is 5.43 Å². The number of fused-ring (bicyclic) bond motifs is 1. The Labute approximate surface area is 170 Å². The summed E-state index contributed by atoms with van der Waals surface area (Å²) in [4.78, 5) is 4.85. The maximum absolute atomic E-state index is 6.27. The number of nitrogens with one attached hydrogen (secondary N) is 1. The smallest absolute Gasteiger partial charge is 0.154 e. The summed E-state index contributed by atoms with van der Waals surface area (Å²) >= 11 is 6.27. The van der Waals surface area contributed by atoms with Gasteiger partial charge < -0.3 is 0 Å². The molecule has 0 atom stereocenters. The molecule has 0 bridgehead atoms. The molecule has 3 aromatic rings. The maximum Gasteiger partial charge on any atom is 0.154 e. The predicted molar refractivity (Wildman–Crippen MR) is 118 cm³/mol. The Morgan fingerprint density at radius 1 is 0.821 bits per heavy atom. The van der Waals surface area contributed by atoms with Crippen LogP contribution in [0.25, 0.3) is 0 Å². The van der Waals surface area contributed by atoms with Crippen molar-refractivity contribution < 1.29 is 0 Å². The van der Waals surface area contributed by atoms with Crippen LogP contribution in [0.3, 0.4) is 0 Å². The summed E-state index contributed by atoms with van der Waals surface area (Å²) in [5.74, 6) is 0.718. The molecule has 1 N–H and O–H groups in total. The van der Waals surface area contributed by atoms with Crippen molar-refractivity contribution in [3.63, 3.8) is 0 Å². The van der Waals surface area contributed by atoms with E-state index >= 15 is 0 Å². The van der Waals surface area contributed by atoms with E-state index in [0.717, 1.165) is 33.9 Å². The van der Waals surface area contributed by atoms with E-state index in [0.29, 0.717) is 5.02 Å². The Bertz CT molecular complexity index is 1060. The fraction of sp³-hybridized carbons (Fsp3) is 0.167. The molecule has 3 nitrogen and oxygen atoms in total. The van der Waals surface area contributed by atoms with Crippen molar-refractivity contribution in [1.29, 1.82) is 0 Å². The average Bonchev–Trinajstić information content (AvgIpc) is 2.87. The quantitative estimate of drug-likeness (QED) is 0.569. The van der Waals surface area contributed by atoms with Crippen molar-refractivity contribution in [2.75, 3.05) is 0 Å². The number of amidine groups is 1. The van der Waals surface area contributed by atoms with E-state index in [9.17, 15) is 0 Å². The fourth-order valence-corrected chi connectivity index (χ4v) is 3.36. The normalized spacial score (nSPS) is 13.7. The molecule has 0 unspecified atom stereocenters. The van der Waals surface area contributed by atoms with Crippen molar-refractivity contribution in [3.05, 3.63) is 100 Å². The third-order valence-corrected chi connectivity index (χ3v) is 5.03. The first-order chi connectivity index (χ1) is 13.4. The molecule has 0 fully saturated rings. The van der Waals surface area contributed by atoms with E-state index in [1.807, 2.05) is 48.5 Å². The Kier molecular flexibility index (Phi) is 4.78. The zero-order chi connectivity index (χ0) is 19.7. The SMILES string of the molecule is CC(C)(C)c1ccc(C2=Nc3ccc(Cl)cc3C(c3ccccc3)=NN2)cc1. The molecular formula is C24H22ClN3. The fourth-order valence-electron chi connectivity index (χ4n) is 3.18. The van der Waals surface area contributed by atoms with Crippen LogP contribution in [0.5, 0.6) is 0 Å². The number of hydrazone groups is 1. The molecular weight excluding hydrogens is 366 g/mol. The number of nitrogens with zero attached hydrogens (tertiary/aromatic N) is 2. The molecule has 28 heavy (non-hydrogen) atoms. The zero-order valence-corrected chi connectivity index (χ0v) is 17.0. The minimum absolute atomic E-state index is 0.110. The minimum atomic E-state index is 0.110. The van der Waals surface area contributed by atoms with Crippen LogP contribution in [0, 0.1) is 0 Å². The van der Waals surface area contributed by atoms with Gasteiger partial charge in [-0.15, -0.1) is 0 Å². The first kappa shape index (κ1) is 18.5. The van der Waals surface area contributed by atoms with Crippen LogP contribution in [-0.2, 0) is 5.41 Å². The molecule has 3 aromatic carbocycles. The van der Waals surface area contributed by atoms with E-state index in [2.05, 4.69) is 55.6 Å². The van der Waals surface area contributed by atoms with Gasteiger partial charge in [0, 0.05) is 21.7 Å². The maximum atomic E-state index is 6.27. The summed E-state index contributed by atoms with van der Waals surface area (Å²) in [5, 5.41) is 5.34. The number of hydrogen-bond donors (Lipinski definition) is 1. The van der Waals surface area contributed by atoms with Gasteiger partial charge in [-0.25, -0.2) is 4.99 Å². The molecule has 0 spiro atoms. The molecule has 0 saturated heterocycles. The van der Waals surface area contributed by atoms with Gasteiger partial charge in [0.1, 0.15) is 5.71 Å². The highest BCUT2D eigenvalue weighted by molar-refractivity contribution is 6.31. The van der Waals surface area contributed by atoms with E-state index < -0.39 is 0 Å². The molecule has 1 aliphatic rings. The molecule has 1 heterocycles. The third-order valence-electron chi connectivity index (χ3n) is 4.79. The van der Waals surface area contributed by atoms with Gasteiger partial charge in [-0.1, -0.05) is 87.0 Å². The highest BCUT2D eigenvalue weighted by Crippen LogP contribution is 2.29. The second-order valence-electron chi connectivity index (χ2n) is 7.89. The number of benzene rings is 3. The van der Waals surface area contributed by atoms with E-state index in [1.54, 1.807) is 0 Å². The Balaban J connectivity index is 1.80. The lowest BCUT2D eigenvalue weighted by Gasteiger charge is -2.19. The standard InChI is InChI=1S/C24H22ClN3/c1-24(2,3)18-11-9-17(10-12-18)23-26-21-14-13-19(25)15-20(21)22(27-28-23)16-7-5-4-6-8-16/h4-15H,1-3H3,(H,26,28). The summed E-state index contributed by atoms with van der Waals surface area (Å²) in [6, 6.07) is 24.2. The van der Waals surface area contributed by atoms with Crippen molar-refractivity contribution in [2.45, 2.75) is 26.2 Å². The van der Waals surface area contributed by atoms with Gasteiger partial charge in [0.2, 0.25) is 0 Å². The second-order valence-corrected chi connectivity index (χ2v) is 8.32. The van der Waals surface area contributed by atoms with Crippen LogP contribution in [0.1, 0.15) is 43.0 Å². The lowest BCUT2D eigenvalue weighted by molar-refractivity contribution is 0.590. The molecule has 140 valence electrons. The Morgan fingerprint density at radius 3 is 2.21 bits per heavy atom. The van der Waals surface area contributed by atoms with Crippen LogP contribution in [0.2, 0.25) is 5.02 Å². The van der Waals surface area contributed by atoms with Crippen molar-refractivity contribution in [3.8, 4) is 0 Å². The van der Waals surface area contributed by atoms with E-state index in [-0.39, 0.29) is 5.41 Å². The highest BCUT2D eigenvalue weighted by atomic mass is 35.5. The van der Waals surface area contributed by atoms with Crippen LogP contribution in [0.4, 0.5) is 5.69 Å². The topological polar surface area (TPSA) is 36.8 Å². The van der Waals surface area contributed by atoms with Crippen LogP contribution in [-0.4, -0.2) is 11.5 Å². The summed E-state index contributed by atoms with van der Waals surface area (Å²) in [7, 11) is 0. The molecule has 1 aliphatic heterocycles. The first-order valence-corrected chi connectivity index (χ1v) is 9.68. The molecule has 0 radical (unpaired) electrons. The number of rotatable bonds is 2. The second kappa shape index (κ2) is 7.25. The lowest BCUT2D eigenvalue weighted by Crippen LogP contribution is -2.20. The summed E-state index contributed by atoms with van der Waals surface area (Å²) < 4.78 is 0.